The zero-order valence-corrected chi connectivity index (χ0v) is 13.0. The molecule has 0 radical (unpaired) electrons. The second-order valence-corrected chi connectivity index (χ2v) is 8.63. The fourth-order valence-corrected chi connectivity index (χ4v) is 3.30. The lowest BCUT2D eigenvalue weighted by molar-refractivity contribution is 0.0943. The third kappa shape index (κ3) is 6.17. The van der Waals surface area contributed by atoms with Gasteiger partial charge in [0.05, 0.1) is 18.1 Å². The minimum Gasteiger partial charge on any atom is -0.377 e. The molecule has 1 aliphatic heterocycles. The first kappa shape index (κ1) is 16.8. The first-order valence-corrected chi connectivity index (χ1v) is 9.78. The Kier molecular flexibility index (Phi) is 6.18. The van der Waals surface area contributed by atoms with E-state index in [4.69, 9.17) is 4.74 Å². The van der Waals surface area contributed by atoms with Gasteiger partial charge in [-0.1, -0.05) is 0 Å². The maximum Gasteiger partial charge on any atom is 0.211 e. The highest BCUT2D eigenvalue weighted by Gasteiger charge is 2.24. The van der Waals surface area contributed by atoms with E-state index >= 15 is 0 Å². The van der Waals surface area contributed by atoms with Crippen molar-refractivity contribution >= 4 is 20.0 Å². The highest BCUT2D eigenvalue weighted by molar-refractivity contribution is 7.89. The van der Waals surface area contributed by atoms with Gasteiger partial charge in [-0.05, 0) is 19.8 Å². The lowest BCUT2D eigenvalue weighted by Gasteiger charge is -2.23. The molecule has 0 bridgehead atoms. The number of ether oxygens (including phenoxy) is 1. The summed E-state index contributed by atoms with van der Waals surface area (Å²) in [5.41, 5.74) is 0. The third-order valence-corrected chi connectivity index (χ3v) is 5.64. The normalized spacial score (nSPS) is 21.1. The largest absolute Gasteiger partial charge is 0.377 e. The smallest absolute Gasteiger partial charge is 0.211 e. The molecule has 0 spiro atoms. The van der Waals surface area contributed by atoms with Crippen molar-refractivity contribution in [2.24, 2.45) is 0 Å². The predicted molar refractivity (Wildman–Crippen MR) is 72.9 cm³/mol. The fourth-order valence-electron chi connectivity index (χ4n) is 1.84. The van der Waals surface area contributed by atoms with Crippen LogP contribution in [0.3, 0.4) is 0 Å². The Hall–Kier alpha value is -0.220. The second kappa shape index (κ2) is 6.98. The highest BCUT2D eigenvalue weighted by atomic mass is 32.2. The number of nitrogens with one attached hydrogen (secondary N) is 1. The average Bonchev–Trinajstić information content (AvgIpc) is 2.79. The number of hydrogen-bond acceptors (Lipinski definition) is 5. The van der Waals surface area contributed by atoms with Crippen molar-refractivity contribution in [1.82, 2.24) is 9.03 Å². The molecule has 1 rings (SSSR count). The third-order valence-electron chi connectivity index (χ3n) is 2.96. The molecule has 0 aromatic rings. The molecule has 1 N–H and O–H groups in total. The van der Waals surface area contributed by atoms with Gasteiger partial charge in [-0.15, -0.1) is 0 Å². The van der Waals surface area contributed by atoms with E-state index in [1.165, 1.54) is 11.2 Å². The maximum absolute atomic E-state index is 11.6. The summed E-state index contributed by atoms with van der Waals surface area (Å²) in [7, 11) is -6.65. The summed E-state index contributed by atoms with van der Waals surface area (Å²) in [4.78, 5) is 0. The van der Waals surface area contributed by atoms with E-state index in [2.05, 4.69) is 4.72 Å². The Morgan fingerprint density at radius 1 is 1.32 bits per heavy atom. The minimum absolute atomic E-state index is 0.0163. The molecule has 9 heteroatoms. The zero-order chi connectivity index (χ0) is 14.5. The SMILES string of the molecule is CCS(=O)(=O)NCCN(CC1CCCO1)S(C)(=O)=O. The van der Waals surface area contributed by atoms with E-state index in [0.717, 1.165) is 19.1 Å². The molecule has 1 unspecified atom stereocenters. The maximum atomic E-state index is 11.6. The van der Waals surface area contributed by atoms with Crippen LogP contribution in [-0.4, -0.2) is 65.5 Å². The van der Waals surface area contributed by atoms with Crippen molar-refractivity contribution in [3.05, 3.63) is 0 Å². The average molecular weight is 314 g/mol. The Labute approximate surface area is 115 Å². The van der Waals surface area contributed by atoms with Crippen molar-refractivity contribution in [1.29, 1.82) is 0 Å². The van der Waals surface area contributed by atoms with Crippen LogP contribution >= 0.6 is 0 Å². The van der Waals surface area contributed by atoms with Gasteiger partial charge in [0.25, 0.3) is 0 Å². The van der Waals surface area contributed by atoms with Crippen LogP contribution in [0.2, 0.25) is 0 Å². The molecular weight excluding hydrogens is 292 g/mol. The molecule has 7 nitrogen and oxygen atoms in total. The summed E-state index contributed by atoms with van der Waals surface area (Å²) in [6.07, 6.45) is 2.81. The Morgan fingerprint density at radius 2 is 2.00 bits per heavy atom. The second-order valence-electron chi connectivity index (χ2n) is 4.55. The fraction of sp³-hybridized carbons (Fsp3) is 1.00. The number of hydrogen-bond donors (Lipinski definition) is 1. The van der Waals surface area contributed by atoms with E-state index in [0.29, 0.717) is 6.61 Å². The van der Waals surface area contributed by atoms with E-state index in [1.807, 2.05) is 0 Å². The molecular formula is C10H22N2O5S2. The quantitative estimate of drug-likeness (QED) is 0.644. The molecule has 0 saturated carbocycles. The van der Waals surface area contributed by atoms with E-state index in [9.17, 15) is 16.8 Å². The molecule has 1 saturated heterocycles. The van der Waals surface area contributed by atoms with Crippen LogP contribution in [0.15, 0.2) is 0 Å². The minimum atomic E-state index is -3.36. The van der Waals surface area contributed by atoms with E-state index < -0.39 is 20.0 Å². The van der Waals surface area contributed by atoms with Gasteiger partial charge in [0.2, 0.25) is 20.0 Å². The van der Waals surface area contributed by atoms with Gasteiger partial charge in [-0.2, -0.15) is 4.31 Å². The lowest BCUT2D eigenvalue weighted by Crippen LogP contribution is -2.42. The molecule has 1 aliphatic rings. The van der Waals surface area contributed by atoms with Crippen LogP contribution in [0.4, 0.5) is 0 Å². The molecule has 1 atom stereocenters. The Bertz CT molecular complexity index is 468. The summed E-state index contributed by atoms with van der Waals surface area (Å²) >= 11 is 0. The molecule has 0 aliphatic carbocycles. The first-order valence-electron chi connectivity index (χ1n) is 6.28. The lowest BCUT2D eigenvalue weighted by atomic mass is 10.2. The van der Waals surface area contributed by atoms with E-state index in [1.54, 1.807) is 0 Å². The van der Waals surface area contributed by atoms with Crippen LogP contribution in [0.25, 0.3) is 0 Å². The van der Waals surface area contributed by atoms with Crippen molar-refractivity contribution in [3.8, 4) is 0 Å². The zero-order valence-electron chi connectivity index (χ0n) is 11.3. The molecule has 0 aromatic carbocycles. The summed E-state index contributed by atoms with van der Waals surface area (Å²) in [6.45, 7) is 2.67. The highest BCUT2D eigenvalue weighted by Crippen LogP contribution is 2.14. The molecule has 1 fully saturated rings. The van der Waals surface area contributed by atoms with Crippen LogP contribution in [0.5, 0.6) is 0 Å². The van der Waals surface area contributed by atoms with Gasteiger partial charge in [0.15, 0.2) is 0 Å². The standard InChI is InChI=1S/C10H22N2O5S2/c1-3-19(15,16)11-6-7-12(18(2,13)14)9-10-5-4-8-17-10/h10-11H,3-9H2,1-2H3. The first-order chi connectivity index (χ1) is 8.74. The molecule has 114 valence electrons. The van der Waals surface area contributed by atoms with Gasteiger partial charge in [0, 0.05) is 26.2 Å². The summed E-state index contributed by atoms with van der Waals surface area (Å²) in [6, 6.07) is 0. The van der Waals surface area contributed by atoms with Gasteiger partial charge in [-0.25, -0.2) is 21.6 Å². The van der Waals surface area contributed by atoms with Crippen molar-refractivity contribution in [3.63, 3.8) is 0 Å². The Morgan fingerprint density at radius 3 is 2.47 bits per heavy atom. The van der Waals surface area contributed by atoms with Crippen LogP contribution in [0, 0.1) is 0 Å². The van der Waals surface area contributed by atoms with Gasteiger partial charge in [0.1, 0.15) is 0 Å². The molecule has 1 heterocycles. The summed E-state index contributed by atoms with van der Waals surface area (Å²) < 4.78 is 54.8. The van der Waals surface area contributed by atoms with Gasteiger partial charge >= 0.3 is 0 Å². The van der Waals surface area contributed by atoms with Gasteiger partial charge < -0.3 is 4.74 Å². The summed E-state index contributed by atoms with van der Waals surface area (Å²) in [5, 5.41) is 0. The topological polar surface area (TPSA) is 92.8 Å². The van der Waals surface area contributed by atoms with Crippen molar-refractivity contribution in [2.45, 2.75) is 25.9 Å². The van der Waals surface area contributed by atoms with Crippen molar-refractivity contribution in [2.75, 3.05) is 38.2 Å². The van der Waals surface area contributed by atoms with Crippen LogP contribution in [-0.2, 0) is 24.8 Å². The summed E-state index contributed by atoms with van der Waals surface area (Å²) in [5.74, 6) is -0.0163. The predicted octanol–water partition coefficient (Wildman–Crippen LogP) is -0.634. The monoisotopic (exact) mass is 314 g/mol. The molecule has 0 amide bonds. The number of sulfonamides is 2. The Balaban J connectivity index is 2.51. The molecule has 19 heavy (non-hydrogen) atoms. The van der Waals surface area contributed by atoms with Crippen molar-refractivity contribution < 1.29 is 21.6 Å². The number of nitrogens with zero attached hydrogens (tertiary/aromatic N) is 1. The van der Waals surface area contributed by atoms with Gasteiger partial charge in [-0.3, -0.25) is 0 Å². The molecule has 0 aromatic heterocycles. The number of rotatable bonds is 8. The van der Waals surface area contributed by atoms with Crippen LogP contribution in [0.1, 0.15) is 19.8 Å². The van der Waals surface area contributed by atoms with E-state index in [-0.39, 0.29) is 31.5 Å². The van der Waals surface area contributed by atoms with Crippen LogP contribution < -0.4 is 4.72 Å².